The minimum atomic E-state index is -0.766. The molecule has 9 nitrogen and oxygen atoms in total. The van der Waals surface area contributed by atoms with Crippen LogP contribution < -0.4 is 5.43 Å². The molecule has 0 aliphatic carbocycles. The SMILES string of the molecule is CC(=NNC(=O)Cc1ccc([N+](=O)[O-])cc1[N+](=O)[O-])c1ccc(Cl)cc1. The van der Waals surface area contributed by atoms with Crippen molar-refractivity contribution in [2.75, 3.05) is 0 Å². The van der Waals surface area contributed by atoms with Crippen LogP contribution in [0.1, 0.15) is 18.1 Å². The fraction of sp³-hybridized carbons (Fsp3) is 0.125. The van der Waals surface area contributed by atoms with Gasteiger partial charge in [-0.3, -0.25) is 25.0 Å². The summed E-state index contributed by atoms with van der Waals surface area (Å²) in [5, 5.41) is 26.3. The van der Waals surface area contributed by atoms with E-state index in [9.17, 15) is 25.0 Å². The van der Waals surface area contributed by atoms with Crippen LogP contribution in [0.5, 0.6) is 0 Å². The number of hydrogen-bond acceptors (Lipinski definition) is 6. The van der Waals surface area contributed by atoms with Gasteiger partial charge in [0.2, 0.25) is 5.91 Å². The van der Waals surface area contributed by atoms with Crippen molar-refractivity contribution >= 4 is 34.6 Å². The summed E-state index contributed by atoms with van der Waals surface area (Å²) in [5.41, 5.74) is 2.72. The average Bonchev–Trinajstić information content (AvgIpc) is 2.60. The molecule has 26 heavy (non-hydrogen) atoms. The molecule has 2 aromatic rings. The number of halogens is 1. The number of non-ortho nitro benzene ring substituents is 1. The number of nitro groups is 2. The molecule has 0 radical (unpaired) electrons. The van der Waals surface area contributed by atoms with Crippen LogP contribution in [0.15, 0.2) is 47.6 Å². The Morgan fingerprint density at radius 2 is 1.77 bits per heavy atom. The molecule has 10 heteroatoms. The number of amides is 1. The Hall–Kier alpha value is -3.33. The average molecular weight is 377 g/mol. The maximum absolute atomic E-state index is 12.0. The Labute approximate surface area is 152 Å². The number of benzene rings is 2. The topological polar surface area (TPSA) is 128 Å². The number of carbonyl (C=O) groups excluding carboxylic acids is 1. The van der Waals surface area contributed by atoms with Crippen molar-refractivity contribution in [3.05, 3.63) is 78.8 Å². The zero-order chi connectivity index (χ0) is 19.3. The summed E-state index contributed by atoms with van der Waals surface area (Å²) in [4.78, 5) is 32.3. The summed E-state index contributed by atoms with van der Waals surface area (Å²) in [6, 6.07) is 9.94. The number of nitro benzene ring substituents is 2. The molecule has 134 valence electrons. The second-order valence-electron chi connectivity index (χ2n) is 5.24. The molecule has 0 spiro atoms. The van der Waals surface area contributed by atoms with Crippen LogP contribution in [0.4, 0.5) is 11.4 Å². The van der Waals surface area contributed by atoms with Crippen molar-refractivity contribution in [2.24, 2.45) is 5.10 Å². The van der Waals surface area contributed by atoms with Gasteiger partial charge in [-0.15, -0.1) is 0 Å². The van der Waals surface area contributed by atoms with Gasteiger partial charge in [0.15, 0.2) is 0 Å². The highest BCUT2D eigenvalue weighted by Gasteiger charge is 2.21. The van der Waals surface area contributed by atoms with Gasteiger partial charge in [-0.25, -0.2) is 5.43 Å². The van der Waals surface area contributed by atoms with Gasteiger partial charge >= 0.3 is 0 Å². The Morgan fingerprint density at radius 1 is 1.12 bits per heavy atom. The molecular formula is C16H13ClN4O5. The van der Waals surface area contributed by atoms with E-state index in [0.29, 0.717) is 10.7 Å². The zero-order valence-corrected chi connectivity index (χ0v) is 14.3. The minimum absolute atomic E-state index is 0.0532. The summed E-state index contributed by atoms with van der Waals surface area (Å²) >= 11 is 5.80. The fourth-order valence-electron chi connectivity index (χ4n) is 2.10. The summed E-state index contributed by atoms with van der Waals surface area (Å²) < 4.78 is 0. The van der Waals surface area contributed by atoms with E-state index in [2.05, 4.69) is 10.5 Å². The standard InChI is InChI=1S/C16H13ClN4O5/c1-10(11-2-5-13(17)6-3-11)18-19-16(22)8-12-4-7-14(20(23)24)9-15(12)21(25)26/h2-7,9H,8H2,1H3,(H,19,22). The van der Waals surface area contributed by atoms with Crippen LogP contribution in [0.3, 0.4) is 0 Å². The first kappa shape index (κ1) is 19.0. The molecule has 0 saturated carbocycles. The smallest absolute Gasteiger partial charge is 0.273 e. The van der Waals surface area contributed by atoms with Crippen LogP contribution in [-0.4, -0.2) is 21.5 Å². The van der Waals surface area contributed by atoms with Gasteiger partial charge in [0.05, 0.1) is 28.0 Å². The first-order valence-corrected chi connectivity index (χ1v) is 7.66. The Kier molecular flexibility index (Phi) is 5.97. The molecule has 0 aromatic heterocycles. The van der Waals surface area contributed by atoms with Crippen molar-refractivity contribution in [1.82, 2.24) is 5.43 Å². The highest BCUT2D eigenvalue weighted by molar-refractivity contribution is 6.30. The number of carbonyl (C=O) groups is 1. The highest BCUT2D eigenvalue weighted by atomic mass is 35.5. The summed E-state index contributed by atoms with van der Waals surface area (Å²) in [6.45, 7) is 1.68. The molecule has 0 saturated heterocycles. The monoisotopic (exact) mass is 376 g/mol. The molecule has 0 atom stereocenters. The minimum Gasteiger partial charge on any atom is -0.273 e. The van der Waals surface area contributed by atoms with Gasteiger partial charge in [-0.05, 0) is 30.7 Å². The van der Waals surface area contributed by atoms with Gasteiger partial charge in [0, 0.05) is 16.7 Å². The number of nitrogens with zero attached hydrogens (tertiary/aromatic N) is 3. The summed E-state index contributed by atoms with van der Waals surface area (Å²) in [6.07, 6.45) is -0.342. The van der Waals surface area contributed by atoms with Crippen LogP contribution >= 0.6 is 11.6 Å². The van der Waals surface area contributed by atoms with Crippen molar-refractivity contribution in [3.8, 4) is 0 Å². The maximum Gasteiger partial charge on any atom is 0.279 e. The normalized spacial score (nSPS) is 11.1. The third-order valence-corrected chi connectivity index (χ3v) is 3.69. The molecule has 1 N–H and O–H groups in total. The lowest BCUT2D eigenvalue weighted by Gasteiger charge is -2.04. The van der Waals surface area contributed by atoms with Crippen molar-refractivity contribution in [3.63, 3.8) is 0 Å². The second kappa shape index (κ2) is 8.17. The lowest BCUT2D eigenvalue weighted by Crippen LogP contribution is -2.21. The zero-order valence-electron chi connectivity index (χ0n) is 13.5. The third kappa shape index (κ3) is 4.84. The Balaban J connectivity index is 2.12. The van der Waals surface area contributed by atoms with Crippen molar-refractivity contribution < 1.29 is 14.6 Å². The molecule has 2 rings (SSSR count). The maximum atomic E-state index is 12.0. The molecular weight excluding hydrogens is 364 g/mol. The number of nitrogens with one attached hydrogen (secondary N) is 1. The largest absolute Gasteiger partial charge is 0.279 e. The van der Waals surface area contributed by atoms with Crippen molar-refractivity contribution in [1.29, 1.82) is 0 Å². The molecule has 0 fully saturated rings. The first-order valence-electron chi connectivity index (χ1n) is 7.28. The van der Waals surface area contributed by atoms with Crippen LogP contribution in [0, 0.1) is 20.2 Å². The van der Waals surface area contributed by atoms with E-state index >= 15 is 0 Å². The van der Waals surface area contributed by atoms with E-state index in [4.69, 9.17) is 11.6 Å². The molecule has 0 aliphatic rings. The van der Waals surface area contributed by atoms with Gasteiger partial charge < -0.3 is 0 Å². The quantitative estimate of drug-likeness (QED) is 0.470. The van der Waals surface area contributed by atoms with Gasteiger partial charge in [-0.1, -0.05) is 23.7 Å². The molecule has 0 heterocycles. The van der Waals surface area contributed by atoms with E-state index in [0.717, 1.165) is 17.7 Å². The molecule has 0 unspecified atom stereocenters. The first-order chi connectivity index (χ1) is 12.3. The second-order valence-corrected chi connectivity index (χ2v) is 5.68. The molecule has 0 aliphatic heterocycles. The molecule has 1 amide bonds. The van der Waals surface area contributed by atoms with Crippen molar-refractivity contribution in [2.45, 2.75) is 13.3 Å². The van der Waals surface area contributed by atoms with E-state index < -0.39 is 27.1 Å². The predicted octanol–water partition coefficient (Wildman–Crippen LogP) is 3.24. The van der Waals surface area contributed by atoms with E-state index in [1.54, 1.807) is 31.2 Å². The third-order valence-electron chi connectivity index (χ3n) is 3.44. The number of hydrazone groups is 1. The van der Waals surface area contributed by atoms with E-state index in [-0.39, 0.29) is 12.0 Å². The fourth-order valence-corrected chi connectivity index (χ4v) is 2.23. The highest BCUT2D eigenvalue weighted by Crippen LogP contribution is 2.25. The lowest BCUT2D eigenvalue weighted by atomic mass is 10.1. The molecule has 0 bridgehead atoms. The lowest BCUT2D eigenvalue weighted by molar-refractivity contribution is -0.394. The Morgan fingerprint density at radius 3 is 2.35 bits per heavy atom. The molecule has 2 aromatic carbocycles. The van der Waals surface area contributed by atoms with Crippen LogP contribution in [0.2, 0.25) is 5.02 Å². The van der Waals surface area contributed by atoms with Crippen LogP contribution in [-0.2, 0) is 11.2 Å². The van der Waals surface area contributed by atoms with E-state index in [1.165, 1.54) is 6.07 Å². The summed E-state index contributed by atoms with van der Waals surface area (Å²) in [7, 11) is 0. The predicted molar refractivity (Wildman–Crippen MR) is 95.3 cm³/mol. The van der Waals surface area contributed by atoms with Crippen LogP contribution in [0.25, 0.3) is 0 Å². The summed E-state index contributed by atoms with van der Waals surface area (Å²) in [5.74, 6) is -0.588. The van der Waals surface area contributed by atoms with Gasteiger partial charge in [0.25, 0.3) is 11.4 Å². The van der Waals surface area contributed by atoms with E-state index in [1.807, 2.05) is 0 Å². The number of rotatable bonds is 6. The Bertz CT molecular complexity index is 896. The van der Waals surface area contributed by atoms with Gasteiger partial charge in [-0.2, -0.15) is 5.10 Å². The number of hydrogen-bond donors (Lipinski definition) is 1. The van der Waals surface area contributed by atoms with Gasteiger partial charge in [0.1, 0.15) is 0 Å².